The highest BCUT2D eigenvalue weighted by molar-refractivity contribution is 7.11. The molecule has 1 nitrogen and oxygen atoms in total. The van der Waals surface area contributed by atoms with Gasteiger partial charge in [-0.15, -0.1) is 11.3 Å². The van der Waals surface area contributed by atoms with E-state index in [0.717, 1.165) is 16.5 Å². The molecule has 14 heavy (non-hydrogen) atoms. The number of aromatic nitrogens is 1. The van der Waals surface area contributed by atoms with Crippen molar-refractivity contribution in [2.24, 2.45) is 0 Å². The van der Waals surface area contributed by atoms with Gasteiger partial charge in [0.05, 0.1) is 5.01 Å². The second-order valence-electron chi connectivity index (χ2n) is 3.15. The van der Waals surface area contributed by atoms with Gasteiger partial charge in [0.1, 0.15) is 0 Å². The van der Waals surface area contributed by atoms with Gasteiger partial charge in [0, 0.05) is 22.5 Å². The summed E-state index contributed by atoms with van der Waals surface area (Å²) in [5.74, 6) is 0. The molecule has 1 aromatic heterocycles. The molecule has 1 heterocycles. The minimum atomic E-state index is 0.786. The lowest BCUT2D eigenvalue weighted by Crippen LogP contribution is -1.82. The van der Waals surface area contributed by atoms with Crippen LogP contribution in [0.1, 0.15) is 15.4 Å². The first kappa shape index (κ1) is 9.69. The fourth-order valence-electron chi connectivity index (χ4n) is 1.29. The first-order valence-corrected chi connectivity index (χ1v) is 5.59. The number of benzene rings is 1. The van der Waals surface area contributed by atoms with Crippen LogP contribution in [-0.4, -0.2) is 4.98 Å². The van der Waals surface area contributed by atoms with E-state index in [9.17, 15) is 0 Å². The molecule has 0 aliphatic heterocycles. The Hall–Kier alpha value is -0.860. The van der Waals surface area contributed by atoms with Crippen LogP contribution in [0.25, 0.3) is 0 Å². The van der Waals surface area contributed by atoms with E-state index >= 15 is 0 Å². The summed E-state index contributed by atoms with van der Waals surface area (Å²) < 4.78 is 0. The fraction of sp³-hybridized carbons (Fsp3) is 0.182. The highest BCUT2D eigenvalue weighted by Gasteiger charge is 1.99. The maximum absolute atomic E-state index is 5.81. The van der Waals surface area contributed by atoms with Gasteiger partial charge in [-0.2, -0.15) is 0 Å². The topological polar surface area (TPSA) is 12.9 Å². The van der Waals surface area contributed by atoms with E-state index < -0.39 is 0 Å². The number of rotatable bonds is 2. The Morgan fingerprint density at radius 3 is 2.57 bits per heavy atom. The van der Waals surface area contributed by atoms with Crippen molar-refractivity contribution < 1.29 is 0 Å². The molecule has 0 aliphatic rings. The van der Waals surface area contributed by atoms with E-state index in [4.69, 9.17) is 11.6 Å². The average Bonchev–Trinajstić information content (AvgIpc) is 2.56. The Balaban J connectivity index is 2.15. The summed E-state index contributed by atoms with van der Waals surface area (Å²) in [5, 5.41) is 1.91. The summed E-state index contributed by atoms with van der Waals surface area (Å²) in [6.45, 7) is 2.02. The summed E-state index contributed by atoms with van der Waals surface area (Å²) in [6, 6.07) is 7.95. The summed E-state index contributed by atoms with van der Waals surface area (Å²) in [6.07, 6.45) is 2.89. The van der Waals surface area contributed by atoms with Gasteiger partial charge in [-0.05, 0) is 24.6 Å². The molecule has 0 amide bonds. The molecule has 0 saturated carbocycles. The van der Waals surface area contributed by atoms with Gasteiger partial charge in [0.25, 0.3) is 0 Å². The maximum atomic E-state index is 5.81. The summed E-state index contributed by atoms with van der Waals surface area (Å²) in [7, 11) is 0. The molecule has 2 rings (SSSR count). The quantitative estimate of drug-likeness (QED) is 0.757. The molecule has 2 aromatic rings. The average molecular weight is 224 g/mol. The minimum absolute atomic E-state index is 0.786. The van der Waals surface area contributed by atoms with Crippen LogP contribution < -0.4 is 0 Å². The first-order chi connectivity index (χ1) is 6.74. The molecule has 0 bridgehead atoms. The molecule has 0 spiro atoms. The van der Waals surface area contributed by atoms with E-state index in [1.807, 2.05) is 25.3 Å². The number of hydrogen-bond acceptors (Lipinski definition) is 2. The minimum Gasteiger partial charge on any atom is -0.250 e. The summed E-state index contributed by atoms with van der Waals surface area (Å²) in [4.78, 5) is 5.52. The predicted molar refractivity (Wildman–Crippen MR) is 61.1 cm³/mol. The lowest BCUT2D eigenvalue weighted by molar-refractivity contribution is 1.20. The Labute approximate surface area is 92.4 Å². The van der Waals surface area contributed by atoms with Crippen LogP contribution in [0.15, 0.2) is 30.5 Å². The highest BCUT2D eigenvalue weighted by atomic mass is 35.5. The molecule has 0 aliphatic carbocycles. The molecule has 1 aromatic carbocycles. The van der Waals surface area contributed by atoms with E-state index in [0.29, 0.717) is 0 Å². The highest BCUT2D eigenvalue weighted by Crippen LogP contribution is 2.17. The third-order valence-corrected chi connectivity index (χ3v) is 3.13. The van der Waals surface area contributed by atoms with Crippen LogP contribution in [0, 0.1) is 6.92 Å². The third-order valence-electron chi connectivity index (χ3n) is 1.96. The monoisotopic (exact) mass is 223 g/mol. The number of hydrogen-bond donors (Lipinski definition) is 0. The zero-order chi connectivity index (χ0) is 9.97. The van der Waals surface area contributed by atoms with E-state index in [1.54, 1.807) is 11.3 Å². The lowest BCUT2D eigenvalue weighted by Gasteiger charge is -1.97. The van der Waals surface area contributed by atoms with Gasteiger partial charge in [-0.3, -0.25) is 0 Å². The van der Waals surface area contributed by atoms with Gasteiger partial charge in [0.15, 0.2) is 0 Å². The van der Waals surface area contributed by atoms with Crippen LogP contribution >= 0.6 is 22.9 Å². The van der Waals surface area contributed by atoms with E-state index in [2.05, 4.69) is 17.1 Å². The van der Waals surface area contributed by atoms with Crippen molar-refractivity contribution in [1.82, 2.24) is 4.98 Å². The van der Waals surface area contributed by atoms with Gasteiger partial charge in [-0.25, -0.2) is 4.98 Å². The van der Waals surface area contributed by atoms with E-state index in [1.165, 1.54) is 10.4 Å². The van der Waals surface area contributed by atoms with Gasteiger partial charge < -0.3 is 0 Å². The van der Waals surface area contributed by atoms with Crippen LogP contribution in [-0.2, 0) is 6.42 Å². The zero-order valence-electron chi connectivity index (χ0n) is 7.83. The standard InChI is InChI=1S/C11H10ClNS/c1-8-13-7-11(14-8)6-9-2-4-10(12)5-3-9/h2-5,7H,6H2,1H3. The maximum Gasteiger partial charge on any atom is 0.0896 e. The van der Waals surface area contributed by atoms with Crippen molar-refractivity contribution in [2.75, 3.05) is 0 Å². The van der Waals surface area contributed by atoms with Crippen molar-refractivity contribution in [2.45, 2.75) is 13.3 Å². The summed E-state index contributed by atoms with van der Waals surface area (Å²) in [5.41, 5.74) is 1.28. The van der Waals surface area contributed by atoms with Crippen molar-refractivity contribution in [3.05, 3.63) is 50.9 Å². The molecule has 3 heteroatoms. The molecule has 0 unspecified atom stereocenters. The van der Waals surface area contributed by atoms with Crippen molar-refractivity contribution in [1.29, 1.82) is 0 Å². The van der Waals surface area contributed by atoms with Crippen LogP contribution in [0.4, 0.5) is 0 Å². The lowest BCUT2D eigenvalue weighted by atomic mass is 10.1. The SMILES string of the molecule is Cc1ncc(Cc2ccc(Cl)cc2)s1. The Kier molecular flexibility index (Phi) is 2.85. The third kappa shape index (κ3) is 2.34. The van der Waals surface area contributed by atoms with Crippen LogP contribution in [0.5, 0.6) is 0 Å². The fourth-order valence-corrected chi connectivity index (χ4v) is 2.25. The van der Waals surface area contributed by atoms with Gasteiger partial charge in [0.2, 0.25) is 0 Å². The molecule has 0 fully saturated rings. The number of thiazole rings is 1. The molecule has 0 saturated heterocycles. The van der Waals surface area contributed by atoms with Crippen molar-refractivity contribution >= 4 is 22.9 Å². The second kappa shape index (κ2) is 4.11. The smallest absolute Gasteiger partial charge is 0.0896 e. The molecule has 72 valence electrons. The van der Waals surface area contributed by atoms with Crippen molar-refractivity contribution in [3.63, 3.8) is 0 Å². The molecule has 0 radical (unpaired) electrons. The largest absolute Gasteiger partial charge is 0.250 e. The first-order valence-electron chi connectivity index (χ1n) is 4.40. The number of aryl methyl sites for hydroxylation is 1. The summed E-state index contributed by atoms with van der Waals surface area (Å²) >= 11 is 7.55. The Morgan fingerprint density at radius 1 is 1.29 bits per heavy atom. The number of halogens is 1. The van der Waals surface area contributed by atoms with Crippen LogP contribution in [0.2, 0.25) is 5.02 Å². The van der Waals surface area contributed by atoms with Crippen molar-refractivity contribution in [3.8, 4) is 0 Å². The second-order valence-corrected chi connectivity index (χ2v) is 4.90. The van der Waals surface area contributed by atoms with Gasteiger partial charge >= 0.3 is 0 Å². The van der Waals surface area contributed by atoms with Gasteiger partial charge in [-0.1, -0.05) is 23.7 Å². The van der Waals surface area contributed by atoms with Crippen LogP contribution in [0.3, 0.4) is 0 Å². The normalized spacial score (nSPS) is 10.4. The number of nitrogens with zero attached hydrogens (tertiary/aromatic N) is 1. The molecular weight excluding hydrogens is 214 g/mol. The molecular formula is C11H10ClNS. The van der Waals surface area contributed by atoms with E-state index in [-0.39, 0.29) is 0 Å². The molecule has 0 atom stereocenters. The molecule has 0 N–H and O–H groups in total. The Bertz CT molecular complexity index is 419. The zero-order valence-corrected chi connectivity index (χ0v) is 9.40. The predicted octanol–water partition coefficient (Wildman–Crippen LogP) is 3.70. The Morgan fingerprint density at radius 2 is 2.00 bits per heavy atom.